The fraction of sp³-hybridized carbons (Fsp3) is 0.125. The molecule has 6 nitrogen and oxygen atoms in total. The molecule has 0 aliphatic carbocycles. The molecule has 0 radical (unpaired) electrons. The number of hydrogen-bond acceptors (Lipinski definition) is 5. The molecule has 0 amide bonds. The Morgan fingerprint density at radius 2 is 1.56 bits per heavy atom. The van der Waals surface area contributed by atoms with Gasteiger partial charge in [0.15, 0.2) is 0 Å². The van der Waals surface area contributed by atoms with E-state index in [1.54, 1.807) is 0 Å². The highest BCUT2D eigenvalue weighted by Crippen LogP contribution is 2.16. The van der Waals surface area contributed by atoms with Crippen molar-refractivity contribution in [1.82, 2.24) is 14.9 Å². The standard InChI is InChI=1S/C16H13F2N3O3S/c17-12-3-1-11(2-4-12)16-20-15(24-21-16)9-10-19-25(22,23)14-7-5-13(18)6-8-14/h1-8,19H,9-10H2. The van der Waals surface area contributed by atoms with Crippen molar-refractivity contribution in [3.05, 3.63) is 66.1 Å². The second kappa shape index (κ2) is 7.08. The van der Waals surface area contributed by atoms with Crippen molar-refractivity contribution in [1.29, 1.82) is 0 Å². The molecule has 0 spiro atoms. The Bertz CT molecular complexity index is 955. The predicted octanol–water partition coefficient (Wildman–Crippen LogP) is 2.54. The van der Waals surface area contributed by atoms with Crippen LogP contribution in [0.1, 0.15) is 5.89 Å². The van der Waals surface area contributed by atoms with Crippen LogP contribution in [0.2, 0.25) is 0 Å². The quantitative estimate of drug-likeness (QED) is 0.726. The Labute approximate surface area is 142 Å². The SMILES string of the molecule is O=S(=O)(NCCc1nc(-c2ccc(F)cc2)no1)c1ccc(F)cc1. The molecule has 0 unspecified atom stereocenters. The molecular weight excluding hydrogens is 352 g/mol. The third-order valence-electron chi connectivity index (χ3n) is 3.33. The van der Waals surface area contributed by atoms with Gasteiger partial charge in [0.25, 0.3) is 0 Å². The van der Waals surface area contributed by atoms with Crippen LogP contribution in [-0.4, -0.2) is 25.1 Å². The first kappa shape index (κ1) is 17.2. The summed E-state index contributed by atoms with van der Waals surface area (Å²) in [6.07, 6.45) is 0.175. The normalized spacial score (nSPS) is 11.6. The summed E-state index contributed by atoms with van der Waals surface area (Å²) in [4.78, 5) is 4.09. The summed E-state index contributed by atoms with van der Waals surface area (Å²) in [5, 5.41) is 3.77. The van der Waals surface area contributed by atoms with Crippen LogP contribution >= 0.6 is 0 Å². The van der Waals surface area contributed by atoms with Gasteiger partial charge in [-0.05, 0) is 48.5 Å². The van der Waals surface area contributed by atoms with Crippen LogP contribution in [0.25, 0.3) is 11.4 Å². The number of rotatable bonds is 6. The van der Waals surface area contributed by atoms with Gasteiger partial charge in [-0.15, -0.1) is 0 Å². The Kier molecular flexibility index (Phi) is 4.86. The lowest BCUT2D eigenvalue weighted by Crippen LogP contribution is -2.26. The molecule has 2 aromatic carbocycles. The van der Waals surface area contributed by atoms with Crippen molar-refractivity contribution >= 4 is 10.0 Å². The van der Waals surface area contributed by atoms with Gasteiger partial charge in [0.05, 0.1) is 4.90 Å². The van der Waals surface area contributed by atoms with E-state index in [-0.39, 0.29) is 35.4 Å². The van der Waals surface area contributed by atoms with Crippen LogP contribution < -0.4 is 4.72 Å². The molecule has 0 aliphatic rings. The lowest BCUT2D eigenvalue weighted by Gasteiger charge is -2.05. The van der Waals surface area contributed by atoms with E-state index in [4.69, 9.17) is 4.52 Å². The number of aromatic nitrogens is 2. The summed E-state index contributed by atoms with van der Waals surface area (Å²) in [6, 6.07) is 10.1. The molecule has 0 saturated heterocycles. The molecule has 3 aromatic rings. The number of nitrogens with one attached hydrogen (secondary N) is 1. The molecule has 0 saturated carbocycles. The Morgan fingerprint density at radius 1 is 0.960 bits per heavy atom. The summed E-state index contributed by atoms with van der Waals surface area (Å²) in [5.41, 5.74) is 0.586. The monoisotopic (exact) mass is 365 g/mol. The van der Waals surface area contributed by atoms with Gasteiger partial charge in [-0.25, -0.2) is 21.9 Å². The Hall–Kier alpha value is -2.65. The molecule has 1 aromatic heterocycles. The molecule has 1 heterocycles. The van der Waals surface area contributed by atoms with E-state index in [1.165, 1.54) is 36.4 Å². The second-order valence-corrected chi connectivity index (χ2v) is 6.89. The van der Waals surface area contributed by atoms with Crippen LogP contribution in [0, 0.1) is 11.6 Å². The average molecular weight is 365 g/mol. The molecule has 0 aliphatic heterocycles. The van der Waals surface area contributed by atoms with Crippen LogP contribution in [-0.2, 0) is 16.4 Å². The first-order chi connectivity index (χ1) is 11.9. The zero-order chi connectivity index (χ0) is 17.9. The van der Waals surface area contributed by atoms with Crippen LogP contribution in [0.4, 0.5) is 8.78 Å². The van der Waals surface area contributed by atoms with Gasteiger partial charge in [0, 0.05) is 18.5 Å². The highest BCUT2D eigenvalue weighted by molar-refractivity contribution is 7.89. The minimum Gasteiger partial charge on any atom is -0.339 e. The molecule has 0 bridgehead atoms. The third kappa shape index (κ3) is 4.25. The van der Waals surface area contributed by atoms with Gasteiger partial charge in [0.1, 0.15) is 11.6 Å². The Balaban J connectivity index is 1.61. The summed E-state index contributed by atoms with van der Waals surface area (Å²) in [7, 11) is -3.75. The topological polar surface area (TPSA) is 85.1 Å². The fourth-order valence-corrected chi connectivity index (χ4v) is 3.09. The lowest BCUT2D eigenvalue weighted by atomic mass is 10.2. The summed E-state index contributed by atoms with van der Waals surface area (Å²) in [6.45, 7) is 0.0325. The zero-order valence-corrected chi connectivity index (χ0v) is 13.6. The van der Waals surface area contributed by atoms with E-state index in [9.17, 15) is 17.2 Å². The minimum atomic E-state index is -3.75. The first-order valence-corrected chi connectivity index (χ1v) is 8.76. The molecule has 130 valence electrons. The lowest BCUT2D eigenvalue weighted by molar-refractivity contribution is 0.379. The molecule has 1 N–H and O–H groups in total. The van der Waals surface area contributed by atoms with Crippen molar-refractivity contribution in [3.8, 4) is 11.4 Å². The van der Waals surface area contributed by atoms with Gasteiger partial charge in [0.2, 0.25) is 21.7 Å². The predicted molar refractivity (Wildman–Crippen MR) is 85.0 cm³/mol. The van der Waals surface area contributed by atoms with Crippen molar-refractivity contribution in [2.24, 2.45) is 0 Å². The van der Waals surface area contributed by atoms with Crippen molar-refractivity contribution in [2.45, 2.75) is 11.3 Å². The minimum absolute atomic E-state index is 0.0325. The van der Waals surface area contributed by atoms with E-state index in [0.717, 1.165) is 12.1 Å². The van der Waals surface area contributed by atoms with E-state index in [2.05, 4.69) is 14.9 Å². The molecule has 3 rings (SSSR count). The van der Waals surface area contributed by atoms with E-state index in [1.807, 2.05) is 0 Å². The second-order valence-electron chi connectivity index (χ2n) is 5.12. The maximum Gasteiger partial charge on any atom is 0.240 e. The summed E-state index contributed by atoms with van der Waals surface area (Å²) < 4.78 is 57.3. The molecular formula is C16H13F2N3O3S. The first-order valence-electron chi connectivity index (χ1n) is 7.28. The highest BCUT2D eigenvalue weighted by atomic mass is 32.2. The van der Waals surface area contributed by atoms with E-state index in [0.29, 0.717) is 5.56 Å². The maximum atomic E-state index is 12.9. The van der Waals surface area contributed by atoms with Crippen LogP contribution in [0.5, 0.6) is 0 Å². The van der Waals surface area contributed by atoms with Crippen LogP contribution in [0.3, 0.4) is 0 Å². The van der Waals surface area contributed by atoms with Gasteiger partial charge < -0.3 is 4.52 Å². The van der Waals surface area contributed by atoms with Gasteiger partial charge in [-0.2, -0.15) is 4.98 Å². The molecule has 25 heavy (non-hydrogen) atoms. The molecule has 9 heteroatoms. The maximum absolute atomic E-state index is 12.9. The van der Waals surface area contributed by atoms with Gasteiger partial charge in [-0.3, -0.25) is 0 Å². The number of sulfonamides is 1. The number of nitrogens with zero attached hydrogens (tertiary/aromatic N) is 2. The largest absolute Gasteiger partial charge is 0.339 e. The number of hydrogen-bond donors (Lipinski definition) is 1. The third-order valence-corrected chi connectivity index (χ3v) is 4.80. The van der Waals surface area contributed by atoms with Crippen molar-refractivity contribution in [3.63, 3.8) is 0 Å². The fourth-order valence-electron chi connectivity index (χ4n) is 2.06. The molecule has 0 fully saturated rings. The molecule has 0 atom stereocenters. The van der Waals surface area contributed by atoms with E-state index >= 15 is 0 Å². The smallest absolute Gasteiger partial charge is 0.240 e. The average Bonchev–Trinajstić information content (AvgIpc) is 3.04. The van der Waals surface area contributed by atoms with Crippen molar-refractivity contribution < 1.29 is 21.7 Å². The van der Waals surface area contributed by atoms with Gasteiger partial charge >= 0.3 is 0 Å². The zero-order valence-electron chi connectivity index (χ0n) is 12.8. The van der Waals surface area contributed by atoms with Gasteiger partial charge in [-0.1, -0.05) is 5.16 Å². The summed E-state index contributed by atoms with van der Waals surface area (Å²) in [5.74, 6) is -0.363. The Morgan fingerprint density at radius 3 is 2.20 bits per heavy atom. The van der Waals surface area contributed by atoms with Crippen LogP contribution in [0.15, 0.2) is 57.9 Å². The number of benzene rings is 2. The summed E-state index contributed by atoms with van der Waals surface area (Å²) >= 11 is 0. The van der Waals surface area contributed by atoms with Crippen molar-refractivity contribution in [2.75, 3.05) is 6.54 Å². The highest BCUT2D eigenvalue weighted by Gasteiger charge is 2.15. The van der Waals surface area contributed by atoms with E-state index < -0.39 is 15.8 Å². The number of halogens is 2.